The first-order valence-corrected chi connectivity index (χ1v) is 8.90. The van der Waals surface area contributed by atoms with E-state index in [1.165, 1.54) is 0 Å². The summed E-state index contributed by atoms with van der Waals surface area (Å²) in [6.45, 7) is 8.90. The van der Waals surface area contributed by atoms with E-state index in [1.54, 1.807) is 0 Å². The summed E-state index contributed by atoms with van der Waals surface area (Å²) in [5.74, 6) is 2.47. The highest BCUT2D eigenvalue weighted by molar-refractivity contribution is 7.99. The molecular weight excluding hydrogens is 272 g/mol. The van der Waals surface area contributed by atoms with Gasteiger partial charge in [-0.3, -0.25) is 9.59 Å². The number of hydrogen-bond acceptors (Lipinski definition) is 3. The van der Waals surface area contributed by atoms with Gasteiger partial charge < -0.3 is 10.2 Å². The van der Waals surface area contributed by atoms with Crippen LogP contribution in [0.4, 0.5) is 0 Å². The molecule has 0 aromatic heterocycles. The maximum atomic E-state index is 12.5. The van der Waals surface area contributed by atoms with Gasteiger partial charge in [-0.1, -0.05) is 34.1 Å². The third kappa shape index (κ3) is 4.14. The van der Waals surface area contributed by atoms with Crippen molar-refractivity contribution in [2.45, 2.75) is 59.0 Å². The van der Waals surface area contributed by atoms with Gasteiger partial charge in [0.1, 0.15) is 12.1 Å². The first kappa shape index (κ1) is 17.3. The number of nitrogens with one attached hydrogen (secondary N) is 1. The van der Waals surface area contributed by atoms with Crippen molar-refractivity contribution in [3.63, 3.8) is 0 Å². The Balaban J connectivity index is 2.77. The van der Waals surface area contributed by atoms with Crippen molar-refractivity contribution in [2.75, 3.05) is 18.1 Å². The van der Waals surface area contributed by atoms with Crippen LogP contribution in [0.25, 0.3) is 0 Å². The summed E-state index contributed by atoms with van der Waals surface area (Å²) in [4.78, 5) is 26.6. The Kier molecular flexibility index (Phi) is 7.41. The van der Waals surface area contributed by atoms with E-state index in [0.29, 0.717) is 13.0 Å². The standard InChI is InChI=1S/C15H28N2O2S/c1-5-11(4)13-14(18)16-12(6-2)15(19)17(13)9-8-10-20-7-3/h11-13H,5-10H2,1-4H3,(H,16,18). The van der Waals surface area contributed by atoms with Gasteiger partial charge in [0.15, 0.2) is 0 Å². The molecule has 4 nitrogen and oxygen atoms in total. The molecule has 0 aromatic carbocycles. The monoisotopic (exact) mass is 300 g/mol. The molecule has 5 heteroatoms. The predicted molar refractivity (Wildman–Crippen MR) is 84.8 cm³/mol. The first-order chi connectivity index (χ1) is 9.56. The minimum Gasteiger partial charge on any atom is -0.343 e. The lowest BCUT2D eigenvalue weighted by atomic mass is 9.92. The van der Waals surface area contributed by atoms with E-state index >= 15 is 0 Å². The fourth-order valence-electron chi connectivity index (χ4n) is 2.59. The van der Waals surface area contributed by atoms with E-state index in [9.17, 15) is 9.59 Å². The van der Waals surface area contributed by atoms with Crippen LogP contribution in [-0.2, 0) is 9.59 Å². The Hall–Kier alpha value is -0.710. The molecule has 0 aliphatic carbocycles. The molecule has 1 heterocycles. The van der Waals surface area contributed by atoms with Gasteiger partial charge in [0.05, 0.1) is 0 Å². The number of rotatable bonds is 8. The van der Waals surface area contributed by atoms with E-state index in [-0.39, 0.29) is 29.8 Å². The van der Waals surface area contributed by atoms with Gasteiger partial charge in [-0.2, -0.15) is 11.8 Å². The Morgan fingerprint density at radius 3 is 2.55 bits per heavy atom. The SMILES string of the molecule is CCSCCCN1C(=O)C(CC)NC(=O)C1C(C)CC. The van der Waals surface area contributed by atoms with E-state index in [0.717, 1.165) is 24.3 Å². The number of amides is 2. The topological polar surface area (TPSA) is 49.4 Å². The second kappa shape index (κ2) is 8.55. The van der Waals surface area contributed by atoms with Gasteiger partial charge in [0.25, 0.3) is 0 Å². The molecule has 1 aliphatic rings. The third-order valence-electron chi connectivity index (χ3n) is 3.99. The predicted octanol–water partition coefficient (Wildman–Crippen LogP) is 2.28. The highest BCUT2D eigenvalue weighted by Crippen LogP contribution is 2.21. The Morgan fingerprint density at radius 1 is 1.30 bits per heavy atom. The number of carbonyl (C=O) groups is 2. The molecule has 2 amide bonds. The van der Waals surface area contributed by atoms with Crippen LogP contribution >= 0.6 is 11.8 Å². The van der Waals surface area contributed by atoms with Crippen LogP contribution in [0.3, 0.4) is 0 Å². The Labute approximate surface area is 127 Å². The lowest BCUT2D eigenvalue weighted by molar-refractivity contribution is -0.151. The van der Waals surface area contributed by atoms with Gasteiger partial charge in [-0.15, -0.1) is 0 Å². The summed E-state index contributed by atoms with van der Waals surface area (Å²) in [6.07, 6.45) is 2.53. The zero-order valence-corrected chi connectivity index (χ0v) is 14.0. The molecule has 0 bridgehead atoms. The Bertz CT molecular complexity index is 336. The highest BCUT2D eigenvalue weighted by atomic mass is 32.2. The molecule has 0 spiro atoms. The lowest BCUT2D eigenvalue weighted by Crippen LogP contribution is -2.65. The summed E-state index contributed by atoms with van der Waals surface area (Å²) >= 11 is 1.88. The molecule has 1 aliphatic heterocycles. The minimum atomic E-state index is -0.332. The average molecular weight is 300 g/mol. The smallest absolute Gasteiger partial charge is 0.245 e. The molecule has 1 N–H and O–H groups in total. The second-order valence-corrected chi connectivity index (χ2v) is 6.78. The van der Waals surface area contributed by atoms with Gasteiger partial charge in [-0.25, -0.2) is 0 Å². The van der Waals surface area contributed by atoms with Crippen molar-refractivity contribution >= 4 is 23.6 Å². The van der Waals surface area contributed by atoms with Gasteiger partial charge >= 0.3 is 0 Å². The molecule has 0 radical (unpaired) electrons. The zero-order chi connectivity index (χ0) is 15.1. The van der Waals surface area contributed by atoms with Crippen LogP contribution in [-0.4, -0.2) is 46.8 Å². The third-order valence-corrected chi connectivity index (χ3v) is 4.97. The summed E-state index contributed by atoms with van der Waals surface area (Å²) in [5.41, 5.74) is 0. The summed E-state index contributed by atoms with van der Waals surface area (Å²) < 4.78 is 0. The molecule has 116 valence electrons. The number of hydrogen-bond donors (Lipinski definition) is 1. The Morgan fingerprint density at radius 2 is 2.00 bits per heavy atom. The number of carbonyl (C=O) groups excluding carboxylic acids is 2. The number of piperazine rings is 1. The average Bonchev–Trinajstić information content (AvgIpc) is 2.45. The van der Waals surface area contributed by atoms with Crippen molar-refractivity contribution in [3.05, 3.63) is 0 Å². The molecule has 1 rings (SSSR count). The molecule has 1 saturated heterocycles. The van der Waals surface area contributed by atoms with Crippen molar-refractivity contribution in [2.24, 2.45) is 5.92 Å². The zero-order valence-electron chi connectivity index (χ0n) is 13.1. The largest absolute Gasteiger partial charge is 0.343 e. The summed E-state index contributed by atoms with van der Waals surface area (Å²) in [5, 5.41) is 2.88. The van der Waals surface area contributed by atoms with E-state index in [1.807, 2.05) is 23.6 Å². The van der Waals surface area contributed by atoms with E-state index in [4.69, 9.17) is 0 Å². The van der Waals surface area contributed by atoms with Crippen LogP contribution in [0.2, 0.25) is 0 Å². The van der Waals surface area contributed by atoms with Crippen molar-refractivity contribution < 1.29 is 9.59 Å². The minimum absolute atomic E-state index is 0.0222. The van der Waals surface area contributed by atoms with E-state index < -0.39 is 0 Å². The fourth-order valence-corrected chi connectivity index (χ4v) is 3.22. The summed E-state index contributed by atoms with van der Waals surface area (Å²) in [7, 11) is 0. The maximum Gasteiger partial charge on any atom is 0.245 e. The van der Waals surface area contributed by atoms with Crippen LogP contribution < -0.4 is 5.32 Å². The quantitative estimate of drug-likeness (QED) is 0.700. The fraction of sp³-hybridized carbons (Fsp3) is 0.867. The highest BCUT2D eigenvalue weighted by Gasteiger charge is 2.41. The number of nitrogens with zero attached hydrogens (tertiary/aromatic N) is 1. The first-order valence-electron chi connectivity index (χ1n) is 7.75. The number of thioether (sulfide) groups is 1. The van der Waals surface area contributed by atoms with Crippen LogP contribution in [0.5, 0.6) is 0 Å². The molecule has 3 atom stereocenters. The van der Waals surface area contributed by atoms with Crippen molar-refractivity contribution in [1.82, 2.24) is 10.2 Å². The molecule has 3 unspecified atom stereocenters. The van der Waals surface area contributed by atoms with Crippen LogP contribution in [0.1, 0.15) is 47.0 Å². The van der Waals surface area contributed by atoms with Crippen molar-refractivity contribution in [3.8, 4) is 0 Å². The maximum absolute atomic E-state index is 12.5. The molecular formula is C15H28N2O2S. The molecule has 20 heavy (non-hydrogen) atoms. The van der Waals surface area contributed by atoms with Gasteiger partial charge in [0.2, 0.25) is 11.8 Å². The second-order valence-electron chi connectivity index (χ2n) is 5.38. The van der Waals surface area contributed by atoms with Crippen molar-refractivity contribution in [1.29, 1.82) is 0 Å². The van der Waals surface area contributed by atoms with E-state index in [2.05, 4.69) is 26.1 Å². The molecule has 0 saturated carbocycles. The van der Waals surface area contributed by atoms with Gasteiger partial charge in [0, 0.05) is 6.54 Å². The van der Waals surface area contributed by atoms with Crippen LogP contribution in [0, 0.1) is 5.92 Å². The normalized spacial score (nSPS) is 24.7. The molecule has 0 aromatic rings. The molecule has 1 fully saturated rings. The van der Waals surface area contributed by atoms with Crippen LogP contribution in [0.15, 0.2) is 0 Å². The van der Waals surface area contributed by atoms with Gasteiger partial charge in [-0.05, 0) is 30.3 Å². The lowest BCUT2D eigenvalue weighted by Gasteiger charge is -2.41. The summed E-state index contributed by atoms with van der Waals surface area (Å²) in [6, 6.07) is -0.622.